The van der Waals surface area contributed by atoms with Gasteiger partial charge in [0.1, 0.15) is 5.82 Å². The maximum absolute atomic E-state index is 13.2. The Morgan fingerprint density at radius 3 is 2.53 bits per heavy atom. The van der Waals surface area contributed by atoms with E-state index in [9.17, 15) is 9.18 Å². The first-order valence-electron chi connectivity index (χ1n) is 11.1. The standard InChI is InChI=1S/C25H32FN3O3/c1-28-14-13-25(17-5-10-21(31-3)22(15-17)32-4)12-11-19(16-23(25)28)27-24(30)29(2)20-8-6-18(26)7-9-20/h5-10,15,19,23H,11-14,16H2,1-4H3,(H,27,30). The Morgan fingerprint density at radius 1 is 1.12 bits per heavy atom. The molecule has 172 valence electrons. The predicted octanol–water partition coefficient (Wildman–Crippen LogP) is 4.18. The molecular weight excluding hydrogens is 409 g/mol. The van der Waals surface area contributed by atoms with Crippen LogP contribution < -0.4 is 19.7 Å². The first-order chi connectivity index (χ1) is 15.4. The molecule has 0 radical (unpaired) electrons. The van der Waals surface area contributed by atoms with Gasteiger partial charge in [-0.3, -0.25) is 4.90 Å². The van der Waals surface area contributed by atoms with Crippen LogP contribution in [0.5, 0.6) is 11.5 Å². The van der Waals surface area contributed by atoms with Gasteiger partial charge in [-0.2, -0.15) is 0 Å². The summed E-state index contributed by atoms with van der Waals surface area (Å²) in [6.45, 7) is 1.02. The topological polar surface area (TPSA) is 54.0 Å². The molecule has 3 atom stereocenters. The third-order valence-electron chi connectivity index (χ3n) is 7.33. The molecule has 0 spiro atoms. The molecular formula is C25H32FN3O3. The third-order valence-corrected chi connectivity index (χ3v) is 7.33. The number of nitrogens with one attached hydrogen (secondary N) is 1. The molecule has 1 saturated heterocycles. The highest BCUT2D eigenvalue weighted by molar-refractivity contribution is 5.91. The van der Waals surface area contributed by atoms with Crippen molar-refractivity contribution in [2.24, 2.45) is 0 Å². The number of likely N-dealkylation sites (N-methyl/N-ethyl adjacent to an activating group) is 1. The highest BCUT2D eigenvalue weighted by Crippen LogP contribution is 2.49. The number of hydrogen-bond acceptors (Lipinski definition) is 4. The van der Waals surface area contributed by atoms with Crippen LogP contribution in [0.25, 0.3) is 0 Å². The van der Waals surface area contributed by atoms with Crippen molar-refractivity contribution in [2.45, 2.75) is 43.2 Å². The molecule has 3 unspecified atom stereocenters. The molecule has 2 aromatic carbocycles. The third kappa shape index (κ3) is 4.01. The van der Waals surface area contributed by atoms with Gasteiger partial charge in [-0.05, 0) is 81.2 Å². The molecule has 1 aliphatic heterocycles. The molecule has 7 heteroatoms. The van der Waals surface area contributed by atoms with Crippen molar-refractivity contribution in [2.75, 3.05) is 39.8 Å². The minimum Gasteiger partial charge on any atom is -0.493 e. The highest BCUT2D eigenvalue weighted by Gasteiger charge is 2.50. The first-order valence-corrected chi connectivity index (χ1v) is 11.1. The van der Waals surface area contributed by atoms with E-state index in [1.54, 1.807) is 33.4 Å². The Labute approximate surface area is 189 Å². The fourth-order valence-corrected chi connectivity index (χ4v) is 5.45. The number of carbonyl (C=O) groups is 1. The lowest BCUT2D eigenvalue weighted by molar-refractivity contribution is 0.155. The summed E-state index contributed by atoms with van der Waals surface area (Å²) in [5, 5.41) is 3.20. The number of nitrogens with zero attached hydrogens (tertiary/aromatic N) is 2. The number of carbonyl (C=O) groups excluding carboxylic acids is 1. The molecule has 6 nitrogen and oxygen atoms in total. The van der Waals surface area contributed by atoms with E-state index in [0.717, 1.165) is 43.7 Å². The lowest BCUT2D eigenvalue weighted by atomic mass is 9.65. The van der Waals surface area contributed by atoms with Crippen molar-refractivity contribution in [3.63, 3.8) is 0 Å². The van der Waals surface area contributed by atoms with E-state index in [2.05, 4.69) is 29.4 Å². The van der Waals surface area contributed by atoms with Crippen LogP contribution in [0.15, 0.2) is 42.5 Å². The van der Waals surface area contributed by atoms with Gasteiger partial charge < -0.3 is 19.7 Å². The number of benzene rings is 2. The maximum Gasteiger partial charge on any atom is 0.321 e. The second kappa shape index (κ2) is 8.98. The van der Waals surface area contributed by atoms with E-state index in [-0.39, 0.29) is 23.3 Å². The van der Waals surface area contributed by atoms with E-state index >= 15 is 0 Å². The van der Waals surface area contributed by atoms with Crippen LogP contribution in [-0.2, 0) is 5.41 Å². The molecule has 4 rings (SSSR count). The number of fused-ring (bicyclic) bond motifs is 1. The van der Waals surface area contributed by atoms with Gasteiger partial charge in [0.15, 0.2) is 11.5 Å². The van der Waals surface area contributed by atoms with E-state index in [1.807, 2.05) is 6.07 Å². The van der Waals surface area contributed by atoms with Crippen molar-refractivity contribution in [1.82, 2.24) is 10.2 Å². The number of amides is 2. The minimum absolute atomic E-state index is 0.0401. The van der Waals surface area contributed by atoms with Crippen LogP contribution in [0.3, 0.4) is 0 Å². The monoisotopic (exact) mass is 441 g/mol. The highest BCUT2D eigenvalue weighted by atomic mass is 19.1. The van der Waals surface area contributed by atoms with E-state index in [1.165, 1.54) is 22.6 Å². The fraction of sp³-hybridized carbons (Fsp3) is 0.480. The average molecular weight is 442 g/mol. The predicted molar refractivity (Wildman–Crippen MR) is 123 cm³/mol. The summed E-state index contributed by atoms with van der Waals surface area (Å²) in [5.41, 5.74) is 1.98. The molecule has 1 saturated carbocycles. The van der Waals surface area contributed by atoms with Gasteiger partial charge in [0.05, 0.1) is 14.2 Å². The largest absolute Gasteiger partial charge is 0.493 e. The van der Waals surface area contributed by atoms with Gasteiger partial charge >= 0.3 is 6.03 Å². The zero-order valence-electron chi connectivity index (χ0n) is 19.2. The number of ether oxygens (including phenoxy) is 2. The molecule has 2 fully saturated rings. The number of methoxy groups -OCH3 is 2. The number of likely N-dealkylation sites (tertiary alicyclic amines) is 1. The molecule has 2 aliphatic rings. The number of hydrogen-bond donors (Lipinski definition) is 1. The second-order valence-electron chi connectivity index (χ2n) is 8.93. The normalized spacial score (nSPS) is 25.2. The number of urea groups is 1. The van der Waals surface area contributed by atoms with Gasteiger partial charge in [-0.15, -0.1) is 0 Å². The summed E-state index contributed by atoms with van der Waals surface area (Å²) in [4.78, 5) is 16.8. The quantitative estimate of drug-likeness (QED) is 0.756. The van der Waals surface area contributed by atoms with Crippen LogP contribution in [0, 0.1) is 5.82 Å². The lowest BCUT2D eigenvalue weighted by Crippen LogP contribution is -2.53. The van der Waals surface area contributed by atoms with Crippen LogP contribution in [0.1, 0.15) is 31.2 Å². The van der Waals surface area contributed by atoms with Crippen molar-refractivity contribution in [3.8, 4) is 11.5 Å². The Morgan fingerprint density at radius 2 is 1.84 bits per heavy atom. The lowest BCUT2D eigenvalue weighted by Gasteiger charge is -2.45. The molecule has 0 bridgehead atoms. The Kier molecular flexibility index (Phi) is 6.29. The van der Waals surface area contributed by atoms with Gasteiger partial charge in [0.2, 0.25) is 0 Å². The number of halogens is 1. The maximum atomic E-state index is 13.2. The van der Waals surface area contributed by atoms with E-state index in [4.69, 9.17) is 9.47 Å². The van der Waals surface area contributed by atoms with Crippen LogP contribution >= 0.6 is 0 Å². The summed E-state index contributed by atoms with van der Waals surface area (Å²) in [6, 6.07) is 12.5. The summed E-state index contributed by atoms with van der Waals surface area (Å²) in [6.07, 6.45) is 3.86. The summed E-state index contributed by atoms with van der Waals surface area (Å²) < 4.78 is 24.2. The summed E-state index contributed by atoms with van der Waals surface area (Å²) >= 11 is 0. The molecule has 32 heavy (non-hydrogen) atoms. The Bertz CT molecular complexity index is 967. The molecule has 2 aromatic rings. The zero-order chi connectivity index (χ0) is 22.9. The smallest absolute Gasteiger partial charge is 0.321 e. The van der Waals surface area contributed by atoms with Gasteiger partial charge in [0.25, 0.3) is 0 Å². The zero-order valence-corrected chi connectivity index (χ0v) is 19.2. The Balaban J connectivity index is 1.50. The minimum atomic E-state index is -0.314. The number of rotatable bonds is 5. The summed E-state index contributed by atoms with van der Waals surface area (Å²) in [7, 11) is 7.20. The molecule has 0 aromatic heterocycles. The Hall–Kier alpha value is -2.80. The SMILES string of the molecule is COc1ccc(C23CCC(NC(=O)N(C)c4ccc(F)cc4)CC2N(C)CC3)cc1OC. The molecule has 1 heterocycles. The van der Waals surface area contributed by atoms with E-state index < -0.39 is 0 Å². The van der Waals surface area contributed by atoms with Crippen LogP contribution in [-0.4, -0.2) is 57.9 Å². The van der Waals surface area contributed by atoms with Crippen molar-refractivity contribution in [1.29, 1.82) is 0 Å². The van der Waals surface area contributed by atoms with Crippen molar-refractivity contribution < 1.29 is 18.7 Å². The fourth-order valence-electron chi connectivity index (χ4n) is 5.45. The van der Waals surface area contributed by atoms with Crippen LogP contribution in [0.4, 0.5) is 14.9 Å². The van der Waals surface area contributed by atoms with Gasteiger partial charge in [-0.25, -0.2) is 9.18 Å². The van der Waals surface area contributed by atoms with Crippen molar-refractivity contribution in [3.05, 3.63) is 53.8 Å². The second-order valence-corrected chi connectivity index (χ2v) is 8.93. The van der Waals surface area contributed by atoms with Gasteiger partial charge in [-0.1, -0.05) is 6.07 Å². The van der Waals surface area contributed by atoms with Crippen molar-refractivity contribution >= 4 is 11.7 Å². The van der Waals surface area contributed by atoms with Crippen LogP contribution in [0.2, 0.25) is 0 Å². The summed E-state index contributed by atoms with van der Waals surface area (Å²) in [5.74, 6) is 1.18. The van der Waals surface area contributed by atoms with Gasteiger partial charge in [0, 0.05) is 30.2 Å². The molecule has 2 amide bonds. The first kappa shape index (κ1) is 22.4. The average Bonchev–Trinajstić information content (AvgIpc) is 3.15. The van der Waals surface area contributed by atoms with E-state index in [0.29, 0.717) is 11.7 Å². The number of anilines is 1. The molecule has 1 aliphatic carbocycles. The molecule has 1 N–H and O–H groups in total.